The lowest BCUT2D eigenvalue weighted by Crippen LogP contribution is -2.47. The van der Waals surface area contributed by atoms with Gasteiger partial charge in [0.25, 0.3) is 0 Å². The van der Waals surface area contributed by atoms with Crippen LogP contribution in [-0.4, -0.2) is 59.1 Å². The SMILES string of the molecule is Cc1cn[nH]c1NC(=O)C1CCCN(C(=O)N(C)C)C1. The number of carbonyl (C=O) groups excluding carboxylic acids is 2. The van der Waals surface area contributed by atoms with E-state index in [1.54, 1.807) is 30.1 Å². The highest BCUT2D eigenvalue weighted by atomic mass is 16.2. The molecule has 1 aliphatic rings. The van der Waals surface area contributed by atoms with Crippen LogP contribution in [0.2, 0.25) is 0 Å². The fourth-order valence-corrected chi connectivity index (χ4v) is 2.35. The van der Waals surface area contributed by atoms with Crippen LogP contribution in [-0.2, 0) is 4.79 Å². The van der Waals surface area contributed by atoms with Gasteiger partial charge in [-0.3, -0.25) is 9.89 Å². The van der Waals surface area contributed by atoms with E-state index in [4.69, 9.17) is 0 Å². The van der Waals surface area contributed by atoms with Crippen molar-refractivity contribution in [1.82, 2.24) is 20.0 Å². The number of piperidine rings is 1. The summed E-state index contributed by atoms with van der Waals surface area (Å²) in [4.78, 5) is 27.5. The van der Waals surface area contributed by atoms with Gasteiger partial charge in [-0.05, 0) is 19.8 Å². The number of anilines is 1. The molecule has 2 rings (SSSR count). The molecule has 0 aromatic carbocycles. The molecule has 0 radical (unpaired) electrons. The number of urea groups is 1. The summed E-state index contributed by atoms with van der Waals surface area (Å²) in [7, 11) is 3.44. The number of aromatic nitrogens is 2. The largest absolute Gasteiger partial charge is 0.331 e. The molecular weight excluding hydrogens is 258 g/mol. The van der Waals surface area contributed by atoms with Crippen molar-refractivity contribution in [3.8, 4) is 0 Å². The summed E-state index contributed by atoms with van der Waals surface area (Å²) < 4.78 is 0. The molecule has 1 aliphatic heterocycles. The van der Waals surface area contributed by atoms with E-state index in [2.05, 4.69) is 15.5 Å². The van der Waals surface area contributed by atoms with E-state index in [-0.39, 0.29) is 17.9 Å². The zero-order chi connectivity index (χ0) is 14.7. The maximum absolute atomic E-state index is 12.2. The van der Waals surface area contributed by atoms with Crippen LogP contribution in [0, 0.1) is 12.8 Å². The summed E-state index contributed by atoms with van der Waals surface area (Å²) in [5.74, 6) is 0.398. The maximum Gasteiger partial charge on any atom is 0.319 e. The van der Waals surface area contributed by atoms with E-state index in [1.165, 1.54) is 0 Å². The Morgan fingerprint density at radius 1 is 1.50 bits per heavy atom. The molecule has 110 valence electrons. The van der Waals surface area contributed by atoms with Gasteiger partial charge in [0.1, 0.15) is 5.82 Å². The molecule has 7 nitrogen and oxygen atoms in total. The Bertz CT molecular complexity index is 497. The van der Waals surface area contributed by atoms with Crippen LogP contribution in [0.3, 0.4) is 0 Å². The Labute approximate surface area is 118 Å². The molecule has 0 bridgehead atoms. The Morgan fingerprint density at radius 2 is 2.25 bits per heavy atom. The molecule has 1 aromatic heterocycles. The van der Waals surface area contributed by atoms with Crippen molar-refractivity contribution in [1.29, 1.82) is 0 Å². The van der Waals surface area contributed by atoms with Gasteiger partial charge in [-0.15, -0.1) is 0 Å². The zero-order valence-corrected chi connectivity index (χ0v) is 12.1. The molecule has 1 fully saturated rings. The third kappa shape index (κ3) is 3.09. The molecule has 0 saturated carbocycles. The minimum absolute atomic E-state index is 0.0415. The second-order valence-electron chi connectivity index (χ2n) is 5.38. The van der Waals surface area contributed by atoms with Crippen molar-refractivity contribution in [2.45, 2.75) is 19.8 Å². The smallest absolute Gasteiger partial charge is 0.319 e. The summed E-state index contributed by atoms with van der Waals surface area (Å²) in [6, 6.07) is -0.0415. The van der Waals surface area contributed by atoms with Gasteiger partial charge in [-0.25, -0.2) is 4.79 Å². The maximum atomic E-state index is 12.2. The lowest BCUT2D eigenvalue weighted by molar-refractivity contribution is -0.121. The van der Waals surface area contributed by atoms with Crippen LogP contribution >= 0.6 is 0 Å². The first-order valence-electron chi connectivity index (χ1n) is 6.76. The van der Waals surface area contributed by atoms with Crippen LogP contribution in [0.15, 0.2) is 6.20 Å². The highest BCUT2D eigenvalue weighted by Gasteiger charge is 2.29. The number of H-pyrrole nitrogens is 1. The Morgan fingerprint density at radius 3 is 2.85 bits per heavy atom. The van der Waals surface area contributed by atoms with Gasteiger partial charge >= 0.3 is 6.03 Å². The average Bonchev–Trinajstić information content (AvgIpc) is 2.83. The molecule has 1 saturated heterocycles. The van der Waals surface area contributed by atoms with E-state index in [0.717, 1.165) is 18.4 Å². The van der Waals surface area contributed by atoms with E-state index in [0.29, 0.717) is 18.9 Å². The van der Waals surface area contributed by atoms with Gasteiger partial charge in [-0.2, -0.15) is 5.10 Å². The van der Waals surface area contributed by atoms with Gasteiger partial charge in [0.05, 0.1) is 12.1 Å². The van der Waals surface area contributed by atoms with Crippen molar-refractivity contribution in [3.63, 3.8) is 0 Å². The van der Waals surface area contributed by atoms with Gasteiger partial charge in [0, 0.05) is 32.7 Å². The standard InChI is InChI=1S/C13H21N5O2/c1-9-7-14-16-11(9)15-12(19)10-5-4-6-18(8-10)13(20)17(2)3/h7,10H,4-6,8H2,1-3H3,(H2,14,15,16,19). The number of amides is 3. The Balaban J connectivity index is 1.96. The van der Waals surface area contributed by atoms with E-state index >= 15 is 0 Å². The monoisotopic (exact) mass is 279 g/mol. The van der Waals surface area contributed by atoms with Crippen molar-refractivity contribution < 1.29 is 9.59 Å². The van der Waals surface area contributed by atoms with Crippen LogP contribution in [0.25, 0.3) is 0 Å². The van der Waals surface area contributed by atoms with E-state index in [9.17, 15) is 9.59 Å². The van der Waals surface area contributed by atoms with Crippen molar-refractivity contribution in [3.05, 3.63) is 11.8 Å². The topological polar surface area (TPSA) is 81.3 Å². The predicted octanol–water partition coefficient (Wildman–Crippen LogP) is 1.05. The van der Waals surface area contributed by atoms with Gasteiger partial charge in [0.2, 0.25) is 5.91 Å². The molecule has 1 unspecified atom stereocenters. The molecule has 1 atom stereocenters. The number of carbonyl (C=O) groups is 2. The number of aryl methyl sites for hydroxylation is 1. The van der Waals surface area contributed by atoms with Crippen LogP contribution in [0.1, 0.15) is 18.4 Å². The summed E-state index contributed by atoms with van der Waals surface area (Å²) in [5, 5.41) is 9.47. The summed E-state index contributed by atoms with van der Waals surface area (Å²) in [6.07, 6.45) is 3.31. The molecule has 0 spiro atoms. The predicted molar refractivity (Wildman–Crippen MR) is 75.3 cm³/mol. The number of likely N-dealkylation sites (tertiary alicyclic amines) is 1. The third-order valence-electron chi connectivity index (χ3n) is 3.52. The Hall–Kier alpha value is -2.05. The summed E-state index contributed by atoms with van der Waals surface area (Å²) in [6.45, 7) is 3.06. The number of nitrogens with one attached hydrogen (secondary N) is 2. The molecule has 2 N–H and O–H groups in total. The first kappa shape index (κ1) is 14.4. The average molecular weight is 279 g/mol. The second kappa shape index (κ2) is 5.94. The van der Waals surface area contributed by atoms with Crippen molar-refractivity contribution in [2.75, 3.05) is 32.5 Å². The molecule has 3 amide bonds. The molecule has 1 aromatic rings. The lowest BCUT2D eigenvalue weighted by Gasteiger charge is -2.33. The fourth-order valence-electron chi connectivity index (χ4n) is 2.35. The zero-order valence-electron chi connectivity index (χ0n) is 12.1. The number of aromatic amines is 1. The minimum Gasteiger partial charge on any atom is -0.331 e. The minimum atomic E-state index is -0.171. The van der Waals surface area contributed by atoms with Crippen molar-refractivity contribution >= 4 is 17.8 Å². The van der Waals surface area contributed by atoms with Crippen LogP contribution in [0.5, 0.6) is 0 Å². The van der Waals surface area contributed by atoms with Crippen molar-refractivity contribution in [2.24, 2.45) is 5.92 Å². The number of nitrogens with zero attached hydrogens (tertiary/aromatic N) is 3. The highest BCUT2D eigenvalue weighted by molar-refractivity contribution is 5.92. The van der Waals surface area contributed by atoms with E-state index in [1.807, 2.05) is 6.92 Å². The molecule has 0 aliphatic carbocycles. The quantitative estimate of drug-likeness (QED) is 0.849. The first-order chi connectivity index (χ1) is 9.49. The fraction of sp³-hybridized carbons (Fsp3) is 0.615. The first-order valence-corrected chi connectivity index (χ1v) is 6.76. The number of rotatable bonds is 2. The second-order valence-corrected chi connectivity index (χ2v) is 5.38. The third-order valence-corrected chi connectivity index (χ3v) is 3.52. The van der Waals surface area contributed by atoms with Crippen LogP contribution in [0.4, 0.5) is 10.6 Å². The lowest BCUT2D eigenvalue weighted by atomic mass is 9.97. The molecular formula is C13H21N5O2. The molecule has 7 heteroatoms. The summed E-state index contributed by atoms with van der Waals surface area (Å²) >= 11 is 0. The van der Waals surface area contributed by atoms with Gasteiger partial charge in [-0.1, -0.05) is 0 Å². The highest BCUT2D eigenvalue weighted by Crippen LogP contribution is 2.19. The number of hydrogen-bond acceptors (Lipinski definition) is 3. The normalized spacial score (nSPS) is 18.8. The van der Waals surface area contributed by atoms with Gasteiger partial charge in [0.15, 0.2) is 0 Å². The van der Waals surface area contributed by atoms with Crippen LogP contribution < -0.4 is 5.32 Å². The molecule has 20 heavy (non-hydrogen) atoms. The van der Waals surface area contributed by atoms with Gasteiger partial charge < -0.3 is 15.1 Å². The number of hydrogen-bond donors (Lipinski definition) is 2. The molecule has 2 heterocycles. The summed E-state index contributed by atoms with van der Waals surface area (Å²) in [5.41, 5.74) is 0.899. The van der Waals surface area contributed by atoms with E-state index < -0.39 is 0 Å². The Kier molecular flexibility index (Phi) is 4.26.